The van der Waals surface area contributed by atoms with E-state index in [4.69, 9.17) is 0 Å². The second-order valence-corrected chi connectivity index (χ2v) is 7.04. The van der Waals surface area contributed by atoms with Gasteiger partial charge in [-0.25, -0.2) is 0 Å². The molecule has 3 aromatic rings. The second kappa shape index (κ2) is 8.64. The smallest absolute Gasteiger partial charge is 0.0364 e. The summed E-state index contributed by atoms with van der Waals surface area (Å²) < 4.78 is 0. The maximum absolute atomic E-state index is 4.23. The molecule has 0 bridgehead atoms. The number of nitrogens with one attached hydrogen (secondary N) is 1. The van der Waals surface area contributed by atoms with Crippen molar-refractivity contribution >= 4 is 0 Å². The fraction of sp³-hybridized carbons (Fsp3) is 0.200. The van der Waals surface area contributed by atoms with E-state index in [2.05, 4.69) is 110 Å². The lowest BCUT2D eigenvalue weighted by Crippen LogP contribution is -2.39. The third kappa shape index (κ3) is 4.30. The molecule has 1 heteroatoms. The van der Waals surface area contributed by atoms with Gasteiger partial charge in [0.25, 0.3) is 0 Å². The summed E-state index contributed by atoms with van der Waals surface area (Å²) in [4.78, 5) is 0. The predicted molar refractivity (Wildman–Crippen MR) is 111 cm³/mol. The summed E-state index contributed by atoms with van der Waals surface area (Å²) >= 11 is 0. The lowest BCUT2D eigenvalue weighted by Gasteiger charge is -2.36. The van der Waals surface area contributed by atoms with Crippen molar-refractivity contribution in [2.24, 2.45) is 0 Å². The van der Waals surface area contributed by atoms with E-state index in [0.717, 1.165) is 19.5 Å². The Hall–Kier alpha value is -2.64. The molecule has 0 amide bonds. The summed E-state index contributed by atoms with van der Waals surface area (Å²) in [6, 6.07) is 32.2. The first-order chi connectivity index (χ1) is 12.7. The minimum absolute atomic E-state index is 0.122. The van der Waals surface area contributed by atoms with Gasteiger partial charge in [0.2, 0.25) is 0 Å². The Kier molecular flexibility index (Phi) is 6.04. The molecule has 0 atom stereocenters. The van der Waals surface area contributed by atoms with E-state index in [1.54, 1.807) is 0 Å². The Labute approximate surface area is 157 Å². The summed E-state index contributed by atoms with van der Waals surface area (Å²) in [6.07, 6.45) is 0.919. The van der Waals surface area contributed by atoms with Crippen molar-refractivity contribution in [3.8, 4) is 0 Å². The highest BCUT2D eigenvalue weighted by atomic mass is 14.9. The zero-order valence-electron chi connectivity index (χ0n) is 15.5. The van der Waals surface area contributed by atoms with Crippen LogP contribution < -0.4 is 5.32 Å². The maximum atomic E-state index is 4.23. The first kappa shape index (κ1) is 18.2. The molecular formula is C25H27N. The standard InChI is InChI=1S/C25H27N/c1-21(2)18-25(23-14-8-4-9-15-23,24-16-10-5-11-17-24)20-26-19-22-12-6-3-7-13-22/h3-17,26H,1,18-20H2,2H3. The molecule has 0 saturated carbocycles. The van der Waals surface area contributed by atoms with Gasteiger partial charge in [-0.15, -0.1) is 6.58 Å². The minimum Gasteiger partial charge on any atom is -0.311 e. The van der Waals surface area contributed by atoms with Gasteiger partial charge in [-0.05, 0) is 30.0 Å². The summed E-state index contributed by atoms with van der Waals surface area (Å²) in [5.41, 5.74) is 5.03. The first-order valence-electron chi connectivity index (χ1n) is 9.21. The van der Waals surface area contributed by atoms with Crippen LogP contribution in [-0.2, 0) is 12.0 Å². The molecule has 3 aromatic carbocycles. The third-order valence-corrected chi connectivity index (χ3v) is 4.86. The van der Waals surface area contributed by atoms with Crippen molar-refractivity contribution in [2.75, 3.05) is 6.54 Å². The van der Waals surface area contributed by atoms with E-state index in [9.17, 15) is 0 Å². The normalized spacial score (nSPS) is 11.3. The third-order valence-electron chi connectivity index (χ3n) is 4.86. The van der Waals surface area contributed by atoms with Gasteiger partial charge in [0.15, 0.2) is 0 Å². The quantitative estimate of drug-likeness (QED) is 0.516. The van der Waals surface area contributed by atoms with Crippen LogP contribution in [-0.4, -0.2) is 6.54 Å². The van der Waals surface area contributed by atoms with Crippen LogP contribution in [0.25, 0.3) is 0 Å². The average molecular weight is 341 g/mol. The number of allylic oxidation sites excluding steroid dienone is 1. The molecule has 1 N–H and O–H groups in total. The molecule has 1 nitrogen and oxygen atoms in total. The predicted octanol–water partition coefficient (Wildman–Crippen LogP) is 5.73. The van der Waals surface area contributed by atoms with Gasteiger partial charge in [-0.2, -0.15) is 0 Å². The molecule has 3 rings (SSSR count). The number of rotatable bonds is 8. The van der Waals surface area contributed by atoms with Gasteiger partial charge in [-0.3, -0.25) is 0 Å². The molecule has 0 spiro atoms. The lowest BCUT2D eigenvalue weighted by atomic mass is 9.70. The monoisotopic (exact) mass is 341 g/mol. The minimum atomic E-state index is -0.122. The van der Waals surface area contributed by atoms with E-state index in [-0.39, 0.29) is 5.41 Å². The number of hydrogen-bond donors (Lipinski definition) is 1. The van der Waals surface area contributed by atoms with Crippen molar-refractivity contribution in [3.05, 3.63) is 120 Å². The van der Waals surface area contributed by atoms with Crippen molar-refractivity contribution < 1.29 is 0 Å². The van der Waals surface area contributed by atoms with Gasteiger partial charge in [-0.1, -0.05) is 96.6 Å². The second-order valence-electron chi connectivity index (χ2n) is 7.04. The van der Waals surface area contributed by atoms with Crippen molar-refractivity contribution in [3.63, 3.8) is 0 Å². The maximum Gasteiger partial charge on any atom is 0.0364 e. The molecule has 0 radical (unpaired) electrons. The molecular weight excluding hydrogens is 314 g/mol. The molecule has 0 aliphatic heterocycles. The number of hydrogen-bond acceptors (Lipinski definition) is 1. The molecule has 26 heavy (non-hydrogen) atoms. The van der Waals surface area contributed by atoms with Crippen LogP contribution in [0.3, 0.4) is 0 Å². The summed E-state index contributed by atoms with van der Waals surface area (Å²) in [5, 5.41) is 3.70. The van der Waals surface area contributed by atoms with E-state index < -0.39 is 0 Å². The van der Waals surface area contributed by atoms with Crippen LogP contribution in [0.1, 0.15) is 30.0 Å². The van der Waals surface area contributed by atoms with Crippen LogP contribution >= 0.6 is 0 Å². The molecule has 0 fully saturated rings. The Morgan fingerprint density at radius 1 is 0.769 bits per heavy atom. The fourth-order valence-corrected chi connectivity index (χ4v) is 3.68. The van der Waals surface area contributed by atoms with Crippen molar-refractivity contribution in [1.29, 1.82) is 0 Å². The highest BCUT2D eigenvalue weighted by molar-refractivity contribution is 5.41. The Bertz CT molecular complexity index is 767. The van der Waals surface area contributed by atoms with Crippen LogP contribution in [0.15, 0.2) is 103 Å². The molecule has 0 aliphatic carbocycles. The highest BCUT2D eigenvalue weighted by Crippen LogP contribution is 2.37. The fourth-order valence-electron chi connectivity index (χ4n) is 3.68. The van der Waals surface area contributed by atoms with Crippen LogP contribution in [0.4, 0.5) is 0 Å². The SMILES string of the molecule is C=C(C)CC(CNCc1ccccc1)(c1ccccc1)c1ccccc1. The van der Waals surface area contributed by atoms with Gasteiger partial charge in [0, 0.05) is 18.5 Å². The lowest BCUT2D eigenvalue weighted by molar-refractivity contribution is 0.458. The topological polar surface area (TPSA) is 12.0 Å². The van der Waals surface area contributed by atoms with E-state index in [0.29, 0.717) is 0 Å². The van der Waals surface area contributed by atoms with Crippen LogP contribution in [0.5, 0.6) is 0 Å². The van der Waals surface area contributed by atoms with Gasteiger partial charge < -0.3 is 5.32 Å². The Balaban J connectivity index is 1.95. The molecule has 0 aromatic heterocycles. The molecule has 0 unspecified atom stereocenters. The summed E-state index contributed by atoms with van der Waals surface area (Å²) in [5.74, 6) is 0. The Morgan fingerprint density at radius 3 is 1.69 bits per heavy atom. The summed E-state index contributed by atoms with van der Waals surface area (Å²) in [7, 11) is 0. The van der Waals surface area contributed by atoms with Crippen molar-refractivity contribution in [2.45, 2.75) is 25.3 Å². The summed E-state index contributed by atoms with van der Waals surface area (Å²) in [6.45, 7) is 8.08. The highest BCUT2D eigenvalue weighted by Gasteiger charge is 2.33. The van der Waals surface area contributed by atoms with Gasteiger partial charge in [0.1, 0.15) is 0 Å². The van der Waals surface area contributed by atoms with E-state index in [1.807, 2.05) is 0 Å². The molecule has 0 heterocycles. The molecule has 132 valence electrons. The van der Waals surface area contributed by atoms with E-state index in [1.165, 1.54) is 22.3 Å². The largest absolute Gasteiger partial charge is 0.311 e. The van der Waals surface area contributed by atoms with E-state index >= 15 is 0 Å². The zero-order valence-corrected chi connectivity index (χ0v) is 15.5. The zero-order chi connectivity index (χ0) is 18.2. The van der Waals surface area contributed by atoms with Crippen molar-refractivity contribution in [1.82, 2.24) is 5.32 Å². The molecule has 0 aliphatic rings. The number of benzene rings is 3. The Morgan fingerprint density at radius 2 is 1.23 bits per heavy atom. The average Bonchev–Trinajstić information content (AvgIpc) is 2.69. The van der Waals surface area contributed by atoms with Crippen LogP contribution in [0.2, 0.25) is 0 Å². The van der Waals surface area contributed by atoms with Gasteiger partial charge >= 0.3 is 0 Å². The van der Waals surface area contributed by atoms with Gasteiger partial charge in [0.05, 0.1) is 0 Å². The first-order valence-corrected chi connectivity index (χ1v) is 9.21. The van der Waals surface area contributed by atoms with Crippen LogP contribution in [0, 0.1) is 0 Å². The molecule has 0 saturated heterocycles.